The Kier molecular flexibility index (Phi) is 4.15. The van der Waals surface area contributed by atoms with Crippen LogP contribution in [0.25, 0.3) is 0 Å². The van der Waals surface area contributed by atoms with E-state index in [1.54, 1.807) is 0 Å². The van der Waals surface area contributed by atoms with Crippen molar-refractivity contribution in [3.63, 3.8) is 0 Å². The van der Waals surface area contributed by atoms with E-state index in [-0.39, 0.29) is 12.2 Å². The Morgan fingerprint density at radius 1 is 1.12 bits per heavy atom. The van der Waals surface area contributed by atoms with Crippen molar-refractivity contribution in [1.82, 2.24) is 0 Å². The molecular formula is C12H17NO3S. The summed E-state index contributed by atoms with van der Waals surface area (Å²) in [5.41, 5.74) is 1.13. The summed E-state index contributed by atoms with van der Waals surface area (Å²) >= 11 is -1.63. The summed E-state index contributed by atoms with van der Waals surface area (Å²) in [5, 5.41) is 0. The van der Waals surface area contributed by atoms with Gasteiger partial charge in [0.1, 0.15) is 0 Å². The van der Waals surface area contributed by atoms with Gasteiger partial charge in [0, 0.05) is 18.8 Å². The molecule has 1 aliphatic rings. The highest BCUT2D eigenvalue weighted by Crippen LogP contribution is 2.18. The minimum absolute atomic E-state index is 0.122. The third-order valence-corrected chi connectivity index (χ3v) is 3.53. The SMILES string of the molecule is C[C@@H]1CN(c2ccccc2)C[C@H](C)OS(=O)O1. The summed E-state index contributed by atoms with van der Waals surface area (Å²) < 4.78 is 21.8. The van der Waals surface area contributed by atoms with Crippen LogP contribution >= 0.6 is 0 Å². The monoisotopic (exact) mass is 255 g/mol. The van der Waals surface area contributed by atoms with Crippen molar-refractivity contribution in [2.75, 3.05) is 18.0 Å². The topological polar surface area (TPSA) is 38.8 Å². The maximum absolute atomic E-state index is 11.3. The van der Waals surface area contributed by atoms with Crippen molar-refractivity contribution < 1.29 is 12.6 Å². The molecule has 0 radical (unpaired) electrons. The van der Waals surface area contributed by atoms with Crippen LogP contribution in [0.5, 0.6) is 0 Å². The lowest BCUT2D eigenvalue weighted by molar-refractivity contribution is 0.148. The second-order valence-electron chi connectivity index (χ2n) is 4.26. The molecule has 1 saturated heterocycles. The molecule has 0 aromatic heterocycles. The van der Waals surface area contributed by atoms with E-state index in [9.17, 15) is 4.21 Å². The third kappa shape index (κ3) is 3.52. The number of para-hydroxylation sites is 1. The predicted octanol–water partition coefficient (Wildman–Crippen LogP) is 1.90. The fraction of sp³-hybridized carbons (Fsp3) is 0.500. The largest absolute Gasteiger partial charge is 0.366 e. The molecule has 3 atom stereocenters. The van der Waals surface area contributed by atoms with Gasteiger partial charge in [0.05, 0.1) is 12.2 Å². The van der Waals surface area contributed by atoms with E-state index in [2.05, 4.69) is 17.0 Å². The van der Waals surface area contributed by atoms with Crippen molar-refractivity contribution in [2.24, 2.45) is 0 Å². The Labute approximate surface area is 104 Å². The zero-order chi connectivity index (χ0) is 12.3. The lowest BCUT2D eigenvalue weighted by atomic mass is 10.2. The van der Waals surface area contributed by atoms with Crippen molar-refractivity contribution in [2.45, 2.75) is 26.1 Å². The number of hydrogen-bond acceptors (Lipinski definition) is 4. The molecule has 1 aromatic rings. The number of rotatable bonds is 1. The first-order valence-electron chi connectivity index (χ1n) is 5.71. The van der Waals surface area contributed by atoms with E-state index in [0.29, 0.717) is 13.1 Å². The molecule has 1 aliphatic heterocycles. The number of benzene rings is 1. The van der Waals surface area contributed by atoms with Crippen LogP contribution in [-0.4, -0.2) is 29.5 Å². The highest BCUT2D eigenvalue weighted by molar-refractivity contribution is 7.75. The zero-order valence-corrected chi connectivity index (χ0v) is 10.9. The third-order valence-electron chi connectivity index (χ3n) is 2.56. The van der Waals surface area contributed by atoms with Crippen LogP contribution in [0.2, 0.25) is 0 Å². The molecule has 0 aliphatic carbocycles. The molecule has 1 fully saturated rings. The van der Waals surface area contributed by atoms with Crippen molar-refractivity contribution in [3.8, 4) is 0 Å². The molecular weight excluding hydrogens is 238 g/mol. The fourth-order valence-electron chi connectivity index (χ4n) is 1.90. The van der Waals surface area contributed by atoms with Gasteiger partial charge in [0.25, 0.3) is 0 Å². The van der Waals surface area contributed by atoms with Gasteiger partial charge < -0.3 is 4.90 Å². The maximum atomic E-state index is 11.3. The molecule has 0 spiro atoms. The van der Waals surface area contributed by atoms with Gasteiger partial charge in [-0.15, -0.1) is 0 Å². The zero-order valence-electron chi connectivity index (χ0n) is 10.0. The maximum Gasteiger partial charge on any atom is 0.305 e. The van der Waals surface area contributed by atoms with Gasteiger partial charge in [-0.1, -0.05) is 18.2 Å². The Hall–Kier alpha value is -0.910. The second-order valence-corrected chi connectivity index (χ2v) is 5.05. The fourth-order valence-corrected chi connectivity index (χ4v) is 2.60. The summed E-state index contributed by atoms with van der Waals surface area (Å²) in [6.07, 6.45) is -0.243. The molecule has 0 saturated carbocycles. The first kappa shape index (κ1) is 12.5. The van der Waals surface area contributed by atoms with Crippen LogP contribution in [-0.2, 0) is 19.7 Å². The molecule has 1 aromatic carbocycles. The first-order chi connectivity index (χ1) is 8.15. The molecule has 0 bridgehead atoms. The molecule has 1 unspecified atom stereocenters. The average Bonchev–Trinajstić information content (AvgIpc) is 2.27. The Morgan fingerprint density at radius 3 is 2.18 bits per heavy atom. The smallest absolute Gasteiger partial charge is 0.305 e. The van der Waals surface area contributed by atoms with Gasteiger partial charge in [-0.05, 0) is 26.0 Å². The van der Waals surface area contributed by atoms with E-state index in [1.807, 2.05) is 32.0 Å². The Morgan fingerprint density at radius 2 is 1.65 bits per heavy atom. The van der Waals surface area contributed by atoms with Gasteiger partial charge in [0.15, 0.2) is 0 Å². The van der Waals surface area contributed by atoms with Gasteiger partial charge in [-0.2, -0.15) is 4.21 Å². The predicted molar refractivity (Wildman–Crippen MR) is 67.9 cm³/mol. The number of hydrogen-bond donors (Lipinski definition) is 0. The first-order valence-corrected chi connectivity index (χ1v) is 6.71. The van der Waals surface area contributed by atoms with E-state index in [4.69, 9.17) is 8.37 Å². The normalized spacial score (nSPS) is 30.7. The second kappa shape index (κ2) is 5.62. The van der Waals surface area contributed by atoms with Crippen LogP contribution in [0.1, 0.15) is 13.8 Å². The average molecular weight is 255 g/mol. The molecule has 94 valence electrons. The van der Waals surface area contributed by atoms with Crippen LogP contribution in [0, 0.1) is 0 Å². The lowest BCUT2D eigenvalue weighted by Gasteiger charge is -2.32. The molecule has 1 heterocycles. The van der Waals surface area contributed by atoms with E-state index in [1.165, 1.54) is 0 Å². The minimum Gasteiger partial charge on any atom is -0.366 e. The summed E-state index contributed by atoms with van der Waals surface area (Å²) in [7, 11) is 0. The minimum atomic E-state index is -1.63. The van der Waals surface area contributed by atoms with Crippen molar-refractivity contribution in [3.05, 3.63) is 30.3 Å². The van der Waals surface area contributed by atoms with Gasteiger partial charge >= 0.3 is 11.4 Å². The van der Waals surface area contributed by atoms with Crippen LogP contribution < -0.4 is 4.90 Å². The molecule has 5 heteroatoms. The van der Waals surface area contributed by atoms with Gasteiger partial charge in [-0.25, -0.2) is 0 Å². The highest BCUT2D eigenvalue weighted by atomic mass is 32.2. The molecule has 4 nitrogen and oxygen atoms in total. The Bertz CT molecular complexity index is 369. The van der Waals surface area contributed by atoms with Crippen LogP contribution in [0.4, 0.5) is 5.69 Å². The highest BCUT2D eigenvalue weighted by Gasteiger charge is 2.22. The molecule has 17 heavy (non-hydrogen) atoms. The van der Waals surface area contributed by atoms with Gasteiger partial charge in [-0.3, -0.25) is 8.37 Å². The van der Waals surface area contributed by atoms with E-state index >= 15 is 0 Å². The van der Waals surface area contributed by atoms with E-state index < -0.39 is 11.4 Å². The van der Waals surface area contributed by atoms with Crippen LogP contribution in [0.15, 0.2) is 30.3 Å². The quantitative estimate of drug-likeness (QED) is 0.768. The molecule has 2 rings (SSSR count). The number of anilines is 1. The van der Waals surface area contributed by atoms with Crippen molar-refractivity contribution >= 4 is 17.0 Å². The van der Waals surface area contributed by atoms with Crippen molar-refractivity contribution in [1.29, 1.82) is 0 Å². The summed E-state index contributed by atoms with van der Waals surface area (Å²) in [5.74, 6) is 0. The van der Waals surface area contributed by atoms with Crippen LogP contribution in [0.3, 0.4) is 0 Å². The lowest BCUT2D eigenvalue weighted by Crippen LogP contribution is -2.41. The summed E-state index contributed by atoms with van der Waals surface area (Å²) in [4.78, 5) is 2.19. The summed E-state index contributed by atoms with van der Waals surface area (Å²) in [6.45, 7) is 5.22. The van der Waals surface area contributed by atoms with E-state index in [0.717, 1.165) is 5.69 Å². The molecule has 0 amide bonds. The summed E-state index contributed by atoms with van der Waals surface area (Å²) in [6, 6.07) is 10.1. The Balaban J connectivity index is 2.13. The van der Waals surface area contributed by atoms with Gasteiger partial charge in [0.2, 0.25) is 0 Å². The molecule has 0 N–H and O–H groups in total. The standard InChI is InChI=1S/C12H17NO3S/c1-10-8-13(12-6-4-3-5-7-12)9-11(2)16-17(14)15-10/h3-7,10-11H,8-9H2,1-2H3/t10-,11+,17?. The number of nitrogens with zero attached hydrogens (tertiary/aromatic N) is 1.